The topological polar surface area (TPSA) is 122 Å². The second-order valence-corrected chi connectivity index (χ2v) is 12.7. The highest BCUT2D eigenvalue weighted by Crippen LogP contribution is 2.30. The lowest BCUT2D eigenvalue weighted by Crippen LogP contribution is -2.56. The molecule has 0 spiro atoms. The number of aryl methyl sites for hydroxylation is 3. The van der Waals surface area contributed by atoms with Crippen LogP contribution in [0.3, 0.4) is 0 Å². The minimum Gasteiger partial charge on any atom is -0.392 e. The second-order valence-electron chi connectivity index (χ2n) is 12.7. The van der Waals surface area contributed by atoms with Crippen LogP contribution in [0.2, 0.25) is 0 Å². The third-order valence-corrected chi connectivity index (χ3v) is 9.88. The zero-order valence-electron chi connectivity index (χ0n) is 26.4. The molecule has 0 unspecified atom stereocenters. The van der Waals surface area contributed by atoms with Gasteiger partial charge in [0.1, 0.15) is 22.8 Å². The molecule has 0 amide bonds. The summed E-state index contributed by atoms with van der Waals surface area (Å²) in [5, 5.41) is 13.8. The fraction of sp³-hybridized carbons (Fsp3) is 0.371. The fourth-order valence-corrected chi connectivity index (χ4v) is 7.18. The van der Waals surface area contributed by atoms with Crippen molar-refractivity contribution in [2.75, 3.05) is 49.6 Å². The number of piperazine rings is 1. The molecule has 0 saturated carbocycles. The van der Waals surface area contributed by atoms with Gasteiger partial charge in [-0.25, -0.2) is 9.97 Å². The smallest absolute Gasteiger partial charge is 0.280 e. The van der Waals surface area contributed by atoms with Crippen molar-refractivity contribution in [1.29, 1.82) is 0 Å². The minimum atomic E-state index is -0.342. The molecule has 3 aliphatic rings. The third-order valence-electron chi connectivity index (χ3n) is 9.88. The first-order valence-corrected chi connectivity index (χ1v) is 16.3. The first kappa shape index (κ1) is 29.6. The number of anilines is 3. The molecular weight excluding hydrogens is 596 g/mol. The van der Waals surface area contributed by atoms with Gasteiger partial charge in [-0.2, -0.15) is 0 Å². The van der Waals surface area contributed by atoms with Gasteiger partial charge in [0.15, 0.2) is 0 Å². The van der Waals surface area contributed by atoms with Gasteiger partial charge in [-0.05, 0) is 67.1 Å². The number of aliphatic hydroxyl groups is 1. The highest BCUT2D eigenvalue weighted by Gasteiger charge is 2.29. The van der Waals surface area contributed by atoms with E-state index >= 15 is 0 Å². The van der Waals surface area contributed by atoms with Gasteiger partial charge in [0.05, 0.1) is 37.7 Å². The lowest BCUT2D eigenvalue weighted by Gasteiger charge is -2.43. The Hall–Kier alpha value is -4.78. The van der Waals surface area contributed by atoms with E-state index in [0.29, 0.717) is 45.6 Å². The van der Waals surface area contributed by atoms with E-state index in [-0.39, 0.29) is 17.7 Å². The molecule has 8 rings (SSSR count). The van der Waals surface area contributed by atoms with Gasteiger partial charge in [-0.3, -0.25) is 19.1 Å². The molecule has 5 aromatic heterocycles. The number of fused-ring (bicyclic) bond motifs is 3. The maximum Gasteiger partial charge on any atom is 0.280 e. The fourth-order valence-electron chi connectivity index (χ4n) is 7.18. The molecule has 2 saturated heterocycles. The maximum atomic E-state index is 13.7. The molecule has 47 heavy (non-hydrogen) atoms. The van der Waals surface area contributed by atoms with Gasteiger partial charge in [0.2, 0.25) is 0 Å². The SMILES string of the molecule is Cn1cc(-c2ccnc(-n3ccn4c5c(cc4c3=O)CCCC5)c2CO)cc(Nc2ccc(N3CCN(C4COC4)CC3)cn2)c1=O. The molecule has 0 bridgehead atoms. The van der Waals surface area contributed by atoms with Crippen LogP contribution in [0.15, 0.2) is 70.9 Å². The average Bonchev–Trinajstić information content (AvgIpc) is 3.46. The Kier molecular flexibility index (Phi) is 7.63. The summed E-state index contributed by atoms with van der Waals surface area (Å²) >= 11 is 0. The molecule has 5 aromatic rings. The predicted molar refractivity (Wildman–Crippen MR) is 180 cm³/mol. The van der Waals surface area contributed by atoms with Crippen LogP contribution in [-0.2, 0) is 31.2 Å². The Labute approximate surface area is 271 Å². The summed E-state index contributed by atoms with van der Waals surface area (Å²) < 4.78 is 10.4. The highest BCUT2D eigenvalue weighted by atomic mass is 16.5. The van der Waals surface area contributed by atoms with E-state index < -0.39 is 0 Å². The number of hydrogen-bond acceptors (Lipinski definition) is 9. The molecule has 12 heteroatoms. The van der Waals surface area contributed by atoms with Crippen molar-refractivity contribution in [3.63, 3.8) is 0 Å². The molecule has 7 heterocycles. The Bertz CT molecular complexity index is 2070. The third kappa shape index (κ3) is 5.32. The number of rotatable bonds is 7. The minimum absolute atomic E-state index is 0.187. The molecule has 2 fully saturated rings. The molecule has 0 aromatic carbocycles. The van der Waals surface area contributed by atoms with Crippen molar-refractivity contribution in [3.8, 4) is 16.9 Å². The molecule has 242 valence electrons. The second kappa shape index (κ2) is 12.1. The Morgan fingerprint density at radius 3 is 2.55 bits per heavy atom. The van der Waals surface area contributed by atoms with Gasteiger partial charge in [-0.1, -0.05) is 0 Å². The summed E-state index contributed by atoms with van der Waals surface area (Å²) in [6.45, 7) is 5.19. The highest BCUT2D eigenvalue weighted by molar-refractivity contribution is 5.73. The summed E-state index contributed by atoms with van der Waals surface area (Å²) in [7, 11) is 1.69. The molecule has 1 aliphatic carbocycles. The van der Waals surface area contributed by atoms with E-state index in [9.17, 15) is 14.7 Å². The van der Waals surface area contributed by atoms with Crippen molar-refractivity contribution in [2.24, 2.45) is 7.05 Å². The van der Waals surface area contributed by atoms with Crippen LogP contribution in [0.4, 0.5) is 17.2 Å². The standard InChI is InChI=1S/C35H38N8O4/c1-39-19-24(16-29(34(39)45)38-32-7-6-25(18-37-32)40-10-12-41(13-11-40)26-21-47-22-26)27-8-9-36-33(28(27)20-44)43-15-14-42-30-5-3-2-4-23(30)17-31(42)35(43)46/h6-9,14-19,26,44H,2-5,10-13,20-22H2,1H3,(H,37,38). The lowest BCUT2D eigenvalue weighted by molar-refractivity contribution is -0.0660. The number of pyridine rings is 3. The van der Waals surface area contributed by atoms with Crippen molar-refractivity contribution in [2.45, 2.75) is 38.3 Å². The van der Waals surface area contributed by atoms with Crippen LogP contribution in [0.5, 0.6) is 0 Å². The predicted octanol–water partition coefficient (Wildman–Crippen LogP) is 2.88. The van der Waals surface area contributed by atoms with Crippen molar-refractivity contribution in [3.05, 3.63) is 98.8 Å². The van der Waals surface area contributed by atoms with Crippen LogP contribution >= 0.6 is 0 Å². The molecule has 0 atom stereocenters. The van der Waals surface area contributed by atoms with Crippen LogP contribution < -0.4 is 21.3 Å². The monoisotopic (exact) mass is 634 g/mol. The Morgan fingerprint density at radius 2 is 1.81 bits per heavy atom. The van der Waals surface area contributed by atoms with E-state index in [2.05, 4.69) is 25.1 Å². The van der Waals surface area contributed by atoms with Crippen molar-refractivity contribution in [1.82, 2.24) is 28.4 Å². The lowest BCUT2D eigenvalue weighted by atomic mass is 9.98. The van der Waals surface area contributed by atoms with Gasteiger partial charge in [-0.15, -0.1) is 0 Å². The first-order chi connectivity index (χ1) is 23.0. The van der Waals surface area contributed by atoms with Gasteiger partial charge in [0.25, 0.3) is 11.1 Å². The average molecular weight is 635 g/mol. The van der Waals surface area contributed by atoms with E-state index in [1.807, 2.05) is 35.0 Å². The van der Waals surface area contributed by atoms with E-state index in [0.717, 1.165) is 70.8 Å². The zero-order valence-corrected chi connectivity index (χ0v) is 26.4. The number of aliphatic hydroxyl groups excluding tert-OH is 1. The molecular formula is C35H38N8O4. The van der Waals surface area contributed by atoms with Crippen LogP contribution in [0.25, 0.3) is 22.5 Å². The summed E-state index contributed by atoms with van der Waals surface area (Å²) in [6, 6.07) is 10.0. The van der Waals surface area contributed by atoms with Crippen LogP contribution in [0.1, 0.15) is 29.7 Å². The maximum absolute atomic E-state index is 13.7. The quantitative estimate of drug-likeness (QED) is 0.278. The number of hydrogen-bond donors (Lipinski definition) is 2. The van der Waals surface area contributed by atoms with E-state index in [4.69, 9.17) is 4.74 Å². The van der Waals surface area contributed by atoms with Crippen LogP contribution in [0, 0.1) is 0 Å². The van der Waals surface area contributed by atoms with E-state index in [1.165, 1.54) is 20.4 Å². The molecule has 2 aliphatic heterocycles. The number of aromatic nitrogens is 5. The van der Waals surface area contributed by atoms with E-state index in [1.54, 1.807) is 37.8 Å². The van der Waals surface area contributed by atoms with Gasteiger partial charge < -0.3 is 29.0 Å². The zero-order chi connectivity index (χ0) is 32.1. The normalized spacial score (nSPS) is 17.1. The Balaban J connectivity index is 1.07. The number of nitrogens with zero attached hydrogens (tertiary/aromatic N) is 7. The summed E-state index contributed by atoms with van der Waals surface area (Å²) in [5.74, 6) is 0.917. The molecule has 12 nitrogen and oxygen atoms in total. The summed E-state index contributed by atoms with van der Waals surface area (Å²) in [4.78, 5) is 41.0. The number of ether oxygens (including phenoxy) is 1. The van der Waals surface area contributed by atoms with Crippen LogP contribution in [-0.4, -0.2) is 78.9 Å². The largest absolute Gasteiger partial charge is 0.392 e. The van der Waals surface area contributed by atoms with Crippen molar-refractivity contribution >= 4 is 22.7 Å². The first-order valence-electron chi connectivity index (χ1n) is 16.3. The summed E-state index contributed by atoms with van der Waals surface area (Å²) in [6.07, 6.45) is 13.0. The van der Waals surface area contributed by atoms with Gasteiger partial charge in [0, 0.05) is 74.8 Å². The Morgan fingerprint density at radius 1 is 0.979 bits per heavy atom. The van der Waals surface area contributed by atoms with Crippen molar-refractivity contribution < 1.29 is 9.84 Å². The van der Waals surface area contributed by atoms with Gasteiger partial charge >= 0.3 is 0 Å². The molecule has 2 N–H and O–H groups in total. The summed E-state index contributed by atoms with van der Waals surface area (Å²) in [5.41, 5.74) is 5.89. The molecule has 0 radical (unpaired) electrons. The number of nitrogens with one attached hydrogen (secondary N) is 1.